The maximum absolute atomic E-state index is 12.2. The lowest BCUT2D eigenvalue weighted by Crippen LogP contribution is -2.37. The van der Waals surface area contributed by atoms with Crippen LogP contribution in [-0.4, -0.2) is 49.3 Å². The molecule has 0 atom stereocenters. The second kappa shape index (κ2) is 7.92. The molecule has 0 aliphatic heterocycles. The summed E-state index contributed by atoms with van der Waals surface area (Å²) in [6.45, 7) is 5.35. The van der Waals surface area contributed by atoms with E-state index in [0.717, 1.165) is 16.7 Å². The summed E-state index contributed by atoms with van der Waals surface area (Å²) in [5.41, 5.74) is 3.32. The topological polar surface area (TPSA) is 49.8 Å². The maximum Gasteiger partial charge on any atom is 0.227 e. The monoisotopic (exact) mass is 265 g/mol. The lowest BCUT2D eigenvalue weighted by Gasteiger charge is -2.22. The van der Waals surface area contributed by atoms with Gasteiger partial charge in [-0.25, -0.2) is 0 Å². The Morgan fingerprint density at radius 2 is 2.05 bits per heavy atom. The quantitative estimate of drug-likeness (QED) is 0.809. The van der Waals surface area contributed by atoms with Crippen LogP contribution >= 0.6 is 0 Å². The Bertz CT molecular complexity index is 418. The first kappa shape index (κ1) is 15.7. The van der Waals surface area contributed by atoms with Gasteiger partial charge >= 0.3 is 0 Å². The molecule has 0 heterocycles. The molecule has 4 heteroatoms. The van der Waals surface area contributed by atoms with Crippen molar-refractivity contribution in [3.05, 3.63) is 34.9 Å². The van der Waals surface area contributed by atoms with E-state index in [-0.39, 0.29) is 12.5 Å². The molecule has 1 rings (SSSR count). The minimum atomic E-state index is -0.0255. The van der Waals surface area contributed by atoms with Crippen LogP contribution < -0.4 is 0 Å². The summed E-state index contributed by atoms with van der Waals surface area (Å²) in [7, 11) is 1.60. The van der Waals surface area contributed by atoms with Gasteiger partial charge in [0.05, 0.1) is 19.6 Å². The number of aryl methyl sites for hydroxylation is 2. The zero-order chi connectivity index (χ0) is 14.3. The third kappa shape index (κ3) is 5.01. The van der Waals surface area contributed by atoms with Crippen LogP contribution in [-0.2, 0) is 16.0 Å². The van der Waals surface area contributed by atoms with Crippen molar-refractivity contribution in [1.82, 2.24) is 4.90 Å². The van der Waals surface area contributed by atoms with Crippen molar-refractivity contribution in [2.75, 3.05) is 33.4 Å². The minimum absolute atomic E-state index is 0.0255. The molecular formula is C15H23NO3. The van der Waals surface area contributed by atoms with Gasteiger partial charge in [0.1, 0.15) is 0 Å². The van der Waals surface area contributed by atoms with Gasteiger partial charge in [0.2, 0.25) is 5.91 Å². The van der Waals surface area contributed by atoms with Gasteiger partial charge in [0.25, 0.3) is 0 Å². The Morgan fingerprint density at radius 3 is 2.68 bits per heavy atom. The molecule has 0 radical (unpaired) electrons. The predicted molar refractivity (Wildman–Crippen MR) is 75.2 cm³/mol. The Balaban J connectivity index is 2.71. The molecule has 1 aromatic rings. The van der Waals surface area contributed by atoms with Crippen LogP contribution in [0.25, 0.3) is 0 Å². The first-order valence-electron chi connectivity index (χ1n) is 6.52. The highest BCUT2D eigenvalue weighted by Gasteiger charge is 2.14. The highest BCUT2D eigenvalue weighted by molar-refractivity contribution is 5.79. The smallest absolute Gasteiger partial charge is 0.227 e. The van der Waals surface area contributed by atoms with Crippen LogP contribution in [0.4, 0.5) is 0 Å². The predicted octanol–water partition coefficient (Wildman–Crippen LogP) is 1.31. The number of ether oxygens (including phenoxy) is 1. The molecule has 1 amide bonds. The van der Waals surface area contributed by atoms with Crippen molar-refractivity contribution in [2.45, 2.75) is 20.3 Å². The number of methoxy groups -OCH3 is 1. The van der Waals surface area contributed by atoms with E-state index < -0.39 is 0 Å². The zero-order valence-corrected chi connectivity index (χ0v) is 12.0. The number of rotatable bonds is 7. The van der Waals surface area contributed by atoms with Gasteiger partial charge in [-0.2, -0.15) is 0 Å². The van der Waals surface area contributed by atoms with Crippen molar-refractivity contribution in [1.29, 1.82) is 0 Å². The molecule has 0 aliphatic rings. The first-order valence-corrected chi connectivity index (χ1v) is 6.52. The fourth-order valence-electron chi connectivity index (χ4n) is 1.95. The maximum atomic E-state index is 12.2. The molecule has 0 aliphatic carbocycles. The van der Waals surface area contributed by atoms with Crippen LogP contribution in [0, 0.1) is 13.8 Å². The van der Waals surface area contributed by atoms with Crippen molar-refractivity contribution < 1.29 is 14.6 Å². The average Bonchev–Trinajstić information content (AvgIpc) is 2.38. The van der Waals surface area contributed by atoms with E-state index in [0.29, 0.717) is 26.1 Å². The third-order valence-corrected chi connectivity index (χ3v) is 3.13. The number of carbonyl (C=O) groups is 1. The number of aliphatic hydroxyl groups is 1. The Morgan fingerprint density at radius 1 is 1.32 bits per heavy atom. The van der Waals surface area contributed by atoms with Crippen molar-refractivity contribution in [3.8, 4) is 0 Å². The molecule has 0 unspecified atom stereocenters. The fraction of sp³-hybridized carbons (Fsp3) is 0.533. The van der Waals surface area contributed by atoms with Gasteiger partial charge in [-0.1, -0.05) is 23.8 Å². The Kier molecular flexibility index (Phi) is 6.53. The molecule has 0 spiro atoms. The van der Waals surface area contributed by atoms with Crippen LogP contribution in [0.15, 0.2) is 18.2 Å². The van der Waals surface area contributed by atoms with Crippen LogP contribution in [0.3, 0.4) is 0 Å². The van der Waals surface area contributed by atoms with Gasteiger partial charge in [0.15, 0.2) is 0 Å². The highest BCUT2D eigenvalue weighted by Crippen LogP contribution is 2.12. The molecule has 4 nitrogen and oxygen atoms in total. The molecule has 0 bridgehead atoms. The number of hydrogen-bond acceptors (Lipinski definition) is 3. The number of carbonyl (C=O) groups excluding carboxylic acids is 1. The Labute approximate surface area is 115 Å². The number of benzene rings is 1. The molecule has 1 aromatic carbocycles. The van der Waals surface area contributed by atoms with Crippen LogP contribution in [0.5, 0.6) is 0 Å². The van der Waals surface area contributed by atoms with Gasteiger partial charge in [0, 0.05) is 20.2 Å². The third-order valence-electron chi connectivity index (χ3n) is 3.13. The second-order valence-electron chi connectivity index (χ2n) is 4.70. The molecule has 0 saturated heterocycles. The SMILES string of the molecule is COCCN(CCO)C(=O)Cc1cc(C)ccc1C. The molecule has 0 aromatic heterocycles. The van der Waals surface area contributed by atoms with E-state index in [1.54, 1.807) is 12.0 Å². The molecule has 0 saturated carbocycles. The number of aliphatic hydroxyl groups excluding tert-OH is 1. The van der Waals surface area contributed by atoms with Crippen molar-refractivity contribution >= 4 is 5.91 Å². The summed E-state index contributed by atoms with van der Waals surface area (Å²) >= 11 is 0. The van der Waals surface area contributed by atoms with Gasteiger partial charge in [-0.15, -0.1) is 0 Å². The van der Waals surface area contributed by atoms with E-state index in [2.05, 4.69) is 0 Å². The number of nitrogens with zero attached hydrogens (tertiary/aromatic N) is 1. The largest absolute Gasteiger partial charge is 0.395 e. The molecular weight excluding hydrogens is 242 g/mol. The highest BCUT2D eigenvalue weighted by atomic mass is 16.5. The molecule has 1 N–H and O–H groups in total. The van der Waals surface area contributed by atoms with Gasteiger partial charge in [-0.3, -0.25) is 4.79 Å². The van der Waals surface area contributed by atoms with Crippen molar-refractivity contribution in [3.63, 3.8) is 0 Å². The molecule has 106 valence electrons. The van der Waals surface area contributed by atoms with E-state index in [1.807, 2.05) is 32.0 Å². The standard InChI is InChI=1S/C15H23NO3/c1-12-4-5-13(2)14(10-12)11-15(18)16(6-8-17)7-9-19-3/h4-5,10,17H,6-9,11H2,1-3H3. The number of hydrogen-bond donors (Lipinski definition) is 1. The summed E-state index contributed by atoms with van der Waals surface area (Å²) in [6, 6.07) is 6.11. The lowest BCUT2D eigenvalue weighted by molar-refractivity contribution is -0.131. The summed E-state index contributed by atoms with van der Waals surface area (Å²) in [6.07, 6.45) is 0.372. The Hall–Kier alpha value is -1.39. The lowest BCUT2D eigenvalue weighted by atomic mass is 10.0. The zero-order valence-electron chi connectivity index (χ0n) is 12.0. The van der Waals surface area contributed by atoms with Gasteiger partial charge < -0.3 is 14.7 Å². The first-order chi connectivity index (χ1) is 9.08. The van der Waals surface area contributed by atoms with E-state index >= 15 is 0 Å². The van der Waals surface area contributed by atoms with E-state index in [9.17, 15) is 4.79 Å². The van der Waals surface area contributed by atoms with E-state index in [1.165, 1.54) is 0 Å². The fourth-order valence-corrected chi connectivity index (χ4v) is 1.95. The van der Waals surface area contributed by atoms with Crippen molar-refractivity contribution in [2.24, 2.45) is 0 Å². The summed E-state index contributed by atoms with van der Waals surface area (Å²) in [5, 5.41) is 9.01. The van der Waals surface area contributed by atoms with Crippen LogP contribution in [0.1, 0.15) is 16.7 Å². The summed E-state index contributed by atoms with van der Waals surface area (Å²) in [4.78, 5) is 13.9. The van der Waals surface area contributed by atoms with E-state index in [4.69, 9.17) is 9.84 Å². The second-order valence-corrected chi connectivity index (χ2v) is 4.70. The normalized spacial score (nSPS) is 10.5. The summed E-state index contributed by atoms with van der Waals surface area (Å²) in [5.74, 6) is 0.0276. The molecule has 19 heavy (non-hydrogen) atoms. The van der Waals surface area contributed by atoms with Gasteiger partial charge in [-0.05, 0) is 25.0 Å². The van der Waals surface area contributed by atoms with Crippen LogP contribution in [0.2, 0.25) is 0 Å². The summed E-state index contributed by atoms with van der Waals surface area (Å²) < 4.78 is 4.99. The average molecular weight is 265 g/mol. The molecule has 0 fully saturated rings. The number of amides is 1. The minimum Gasteiger partial charge on any atom is -0.395 e.